The lowest BCUT2D eigenvalue weighted by Crippen LogP contribution is -2.44. The molecule has 0 unspecified atom stereocenters. The van der Waals surface area contributed by atoms with Gasteiger partial charge in [0.15, 0.2) is 0 Å². The summed E-state index contributed by atoms with van der Waals surface area (Å²) >= 11 is 0. The van der Waals surface area contributed by atoms with Crippen LogP contribution in [0, 0.1) is 17.3 Å². The Morgan fingerprint density at radius 1 is 1.09 bits per heavy atom. The van der Waals surface area contributed by atoms with Crippen LogP contribution in [0.25, 0.3) is 0 Å². The first-order valence-electron chi connectivity index (χ1n) is 8.87. The van der Waals surface area contributed by atoms with Gasteiger partial charge in [0, 0.05) is 7.11 Å². The van der Waals surface area contributed by atoms with E-state index >= 15 is 0 Å². The fourth-order valence-corrected chi connectivity index (χ4v) is 6.02. The maximum absolute atomic E-state index is 5.85. The molecule has 0 saturated heterocycles. The van der Waals surface area contributed by atoms with E-state index in [0.717, 1.165) is 23.5 Å². The van der Waals surface area contributed by atoms with Crippen molar-refractivity contribution in [2.75, 3.05) is 14.2 Å². The topological polar surface area (TPSA) is 18.5 Å². The molecule has 0 spiro atoms. The van der Waals surface area contributed by atoms with Crippen LogP contribution in [0.3, 0.4) is 0 Å². The molecule has 0 amide bonds. The minimum absolute atomic E-state index is 0.417. The summed E-state index contributed by atoms with van der Waals surface area (Å²) in [4.78, 5) is 0. The maximum Gasteiger partial charge on any atom is 0.119 e. The molecule has 0 aliphatic heterocycles. The summed E-state index contributed by atoms with van der Waals surface area (Å²) in [6, 6.07) is 6.77. The second-order valence-electron chi connectivity index (χ2n) is 7.83. The Kier molecular flexibility index (Phi) is 3.48. The highest BCUT2D eigenvalue weighted by Crippen LogP contribution is 2.61. The van der Waals surface area contributed by atoms with Crippen molar-refractivity contribution in [1.29, 1.82) is 0 Å². The summed E-state index contributed by atoms with van der Waals surface area (Å²) in [6.07, 6.45) is 8.33. The highest BCUT2D eigenvalue weighted by molar-refractivity contribution is 5.40. The van der Waals surface area contributed by atoms with Crippen LogP contribution in [0.15, 0.2) is 18.2 Å². The number of ether oxygens (including phenoxy) is 2. The molecular formula is C20H28O2. The molecule has 2 saturated carbocycles. The van der Waals surface area contributed by atoms with E-state index in [-0.39, 0.29) is 0 Å². The average molecular weight is 300 g/mol. The van der Waals surface area contributed by atoms with Gasteiger partial charge in [0.05, 0.1) is 13.2 Å². The Balaban J connectivity index is 1.66. The van der Waals surface area contributed by atoms with Crippen molar-refractivity contribution in [3.63, 3.8) is 0 Å². The van der Waals surface area contributed by atoms with Gasteiger partial charge in [-0.3, -0.25) is 0 Å². The summed E-state index contributed by atoms with van der Waals surface area (Å²) < 4.78 is 11.3. The number of methoxy groups -OCH3 is 2. The Morgan fingerprint density at radius 3 is 2.73 bits per heavy atom. The van der Waals surface area contributed by atoms with Crippen molar-refractivity contribution < 1.29 is 9.47 Å². The highest BCUT2D eigenvalue weighted by Gasteiger charge is 2.54. The summed E-state index contributed by atoms with van der Waals surface area (Å²) in [5.74, 6) is 3.49. The molecule has 0 aromatic heterocycles. The Morgan fingerprint density at radius 2 is 1.95 bits per heavy atom. The van der Waals surface area contributed by atoms with Crippen LogP contribution in [0.2, 0.25) is 0 Å². The van der Waals surface area contributed by atoms with Gasteiger partial charge < -0.3 is 9.47 Å². The number of benzene rings is 1. The smallest absolute Gasteiger partial charge is 0.119 e. The van der Waals surface area contributed by atoms with E-state index in [4.69, 9.17) is 9.47 Å². The highest BCUT2D eigenvalue weighted by atomic mass is 16.5. The number of hydrogen-bond acceptors (Lipinski definition) is 2. The summed E-state index contributed by atoms with van der Waals surface area (Å²) in [6.45, 7) is 2.50. The molecule has 0 N–H and O–H groups in total. The molecule has 0 radical (unpaired) electrons. The molecule has 4 rings (SSSR count). The third kappa shape index (κ3) is 1.96. The fourth-order valence-electron chi connectivity index (χ4n) is 6.02. The average Bonchev–Trinajstić information content (AvgIpc) is 2.90. The molecule has 2 nitrogen and oxygen atoms in total. The fraction of sp³-hybridized carbons (Fsp3) is 0.700. The van der Waals surface area contributed by atoms with E-state index in [1.165, 1.54) is 44.1 Å². The lowest BCUT2D eigenvalue weighted by Gasteiger charge is -2.50. The second kappa shape index (κ2) is 5.26. The zero-order chi connectivity index (χ0) is 15.3. The van der Waals surface area contributed by atoms with E-state index in [1.807, 2.05) is 7.11 Å². The molecule has 3 aliphatic carbocycles. The van der Waals surface area contributed by atoms with Crippen molar-refractivity contribution in [3.8, 4) is 5.75 Å². The number of rotatable bonds is 2. The van der Waals surface area contributed by atoms with Crippen molar-refractivity contribution in [1.82, 2.24) is 0 Å². The molecule has 5 atom stereocenters. The van der Waals surface area contributed by atoms with Crippen LogP contribution in [0.5, 0.6) is 5.75 Å². The standard InChI is InChI=1S/C20H28O2/c1-20-11-10-16-15-7-5-14(21-2)12-13(15)4-6-17(16)18(20)8-9-19(20)22-3/h5,7,12,16-19H,4,6,8-11H2,1-3H3/t16-,17-,18+,19+,20+/m1/s1. The number of aryl methyl sites for hydroxylation is 1. The third-order valence-electron chi connectivity index (χ3n) is 7.13. The monoisotopic (exact) mass is 300 g/mol. The summed E-state index contributed by atoms with van der Waals surface area (Å²) in [5, 5.41) is 0. The second-order valence-corrected chi connectivity index (χ2v) is 7.83. The van der Waals surface area contributed by atoms with Gasteiger partial charge >= 0.3 is 0 Å². The zero-order valence-corrected chi connectivity index (χ0v) is 14.1. The van der Waals surface area contributed by atoms with E-state index in [1.54, 1.807) is 12.7 Å². The molecule has 2 heteroatoms. The van der Waals surface area contributed by atoms with Crippen LogP contribution in [-0.2, 0) is 11.2 Å². The number of hydrogen-bond donors (Lipinski definition) is 0. The van der Waals surface area contributed by atoms with Crippen molar-refractivity contribution in [2.24, 2.45) is 17.3 Å². The van der Waals surface area contributed by atoms with Gasteiger partial charge in [0.25, 0.3) is 0 Å². The zero-order valence-electron chi connectivity index (χ0n) is 14.1. The van der Waals surface area contributed by atoms with E-state index in [2.05, 4.69) is 25.1 Å². The summed E-state index contributed by atoms with van der Waals surface area (Å²) in [7, 11) is 3.68. The third-order valence-corrected chi connectivity index (χ3v) is 7.13. The molecule has 120 valence electrons. The van der Waals surface area contributed by atoms with Crippen LogP contribution in [0.1, 0.15) is 56.1 Å². The van der Waals surface area contributed by atoms with Gasteiger partial charge in [-0.1, -0.05) is 13.0 Å². The first kappa shape index (κ1) is 14.6. The molecule has 0 heterocycles. The molecule has 1 aromatic rings. The van der Waals surface area contributed by atoms with E-state index in [9.17, 15) is 0 Å². The lowest BCUT2D eigenvalue weighted by atomic mass is 9.55. The number of fused-ring (bicyclic) bond motifs is 5. The SMILES string of the molecule is COc1ccc2c(c1)CC[C@@H]1[C@@H]2CC[C@]2(C)[C@@H](OC)CC[C@@H]12. The predicted octanol–water partition coefficient (Wildman–Crippen LogP) is 4.57. The van der Waals surface area contributed by atoms with Crippen molar-refractivity contribution in [2.45, 2.75) is 57.5 Å². The van der Waals surface area contributed by atoms with Crippen LogP contribution in [-0.4, -0.2) is 20.3 Å². The first-order chi connectivity index (χ1) is 10.7. The van der Waals surface area contributed by atoms with Crippen LogP contribution < -0.4 is 4.74 Å². The largest absolute Gasteiger partial charge is 0.497 e. The van der Waals surface area contributed by atoms with Crippen LogP contribution >= 0.6 is 0 Å². The van der Waals surface area contributed by atoms with E-state index in [0.29, 0.717) is 11.5 Å². The minimum Gasteiger partial charge on any atom is -0.497 e. The Hall–Kier alpha value is -1.02. The first-order valence-corrected chi connectivity index (χ1v) is 8.87. The summed E-state index contributed by atoms with van der Waals surface area (Å²) in [5.41, 5.74) is 3.56. The lowest BCUT2D eigenvalue weighted by molar-refractivity contribution is -0.0444. The van der Waals surface area contributed by atoms with Gasteiger partial charge in [-0.25, -0.2) is 0 Å². The molecule has 1 aromatic carbocycles. The van der Waals surface area contributed by atoms with Gasteiger partial charge in [-0.05, 0) is 85.0 Å². The molecular weight excluding hydrogens is 272 g/mol. The van der Waals surface area contributed by atoms with Crippen LogP contribution in [0.4, 0.5) is 0 Å². The minimum atomic E-state index is 0.417. The molecule has 2 fully saturated rings. The Bertz CT molecular complexity index is 567. The normalized spacial score (nSPS) is 39.8. The molecule has 22 heavy (non-hydrogen) atoms. The quantitative estimate of drug-likeness (QED) is 0.796. The van der Waals surface area contributed by atoms with Gasteiger partial charge in [-0.2, -0.15) is 0 Å². The van der Waals surface area contributed by atoms with Crippen molar-refractivity contribution in [3.05, 3.63) is 29.3 Å². The van der Waals surface area contributed by atoms with Gasteiger partial charge in [0.1, 0.15) is 5.75 Å². The van der Waals surface area contributed by atoms with Gasteiger partial charge in [0.2, 0.25) is 0 Å². The Labute approximate surface area is 134 Å². The maximum atomic E-state index is 5.85. The van der Waals surface area contributed by atoms with Crippen molar-refractivity contribution >= 4 is 0 Å². The predicted molar refractivity (Wildman–Crippen MR) is 88.4 cm³/mol. The molecule has 0 bridgehead atoms. The van der Waals surface area contributed by atoms with Gasteiger partial charge in [-0.15, -0.1) is 0 Å². The van der Waals surface area contributed by atoms with E-state index < -0.39 is 0 Å². The molecule has 3 aliphatic rings.